The Kier molecular flexibility index (Phi) is 2.37. The van der Waals surface area contributed by atoms with Gasteiger partial charge in [-0.25, -0.2) is 4.68 Å². The Balaban J connectivity index is 2.13. The molecule has 0 unspecified atom stereocenters. The molecule has 0 saturated heterocycles. The molecule has 1 aromatic carbocycles. The van der Waals surface area contributed by atoms with Crippen molar-refractivity contribution in [3.05, 3.63) is 41.6 Å². The zero-order valence-electron chi connectivity index (χ0n) is 9.93. The van der Waals surface area contributed by atoms with Gasteiger partial charge in [0.05, 0.1) is 11.4 Å². The summed E-state index contributed by atoms with van der Waals surface area (Å²) in [5, 5.41) is 4.46. The number of rotatable bonds is 1. The zero-order chi connectivity index (χ0) is 11.8. The molecule has 1 aliphatic rings. The van der Waals surface area contributed by atoms with Gasteiger partial charge < -0.3 is 10.6 Å². The molecule has 0 bridgehead atoms. The van der Waals surface area contributed by atoms with Crippen molar-refractivity contribution in [2.24, 2.45) is 0 Å². The van der Waals surface area contributed by atoms with Crippen LogP contribution >= 0.6 is 0 Å². The van der Waals surface area contributed by atoms with Crippen molar-refractivity contribution in [1.29, 1.82) is 0 Å². The molecular formula is C13H16N4. The highest BCUT2D eigenvalue weighted by molar-refractivity contribution is 5.48. The summed E-state index contributed by atoms with van der Waals surface area (Å²) < 4.78 is 1.97. The van der Waals surface area contributed by atoms with Crippen LogP contribution in [0.25, 0.3) is 5.69 Å². The van der Waals surface area contributed by atoms with Crippen LogP contribution in [0.4, 0.5) is 5.82 Å². The van der Waals surface area contributed by atoms with Crippen molar-refractivity contribution in [2.75, 3.05) is 19.3 Å². The summed E-state index contributed by atoms with van der Waals surface area (Å²) in [5.41, 5.74) is 9.51. The number of aromatic nitrogens is 2. The Morgan fingerprint density at radius 3 is 2.76 bits per heavy atom. The molecule has 4 heteroatoms. The number of nitrogens with zero attached hydrogens (tertiary/aromatic N) is 3. The van der Waals surface area contributed by atoms with Crippen LogP contribution in [0.2, 0.25) is 0 Å². The van der Waals surface area contributed by atoms with Gasteiger partial charge in [-0.2, -0.15) is 5.10 Å². The number of para-hydroxylation sites is 1. The molecule has 0 spiro atoms. The largest absolute Gasteiger partial charge is 0.382 e. The first-order valence-electron chi connectivity index (χ1n) is 5.86. The second kappa shape index (κ2) is 3.89. The molecular weight excluding hydrogens is 212 g/mol. The van der Waals surface area contributed by atoms with Crippen molar-refractivity contribution in [2.45, 2.75) is 13.0 Å². The standard InChI is InChI=1S/C13H16N4/c1-16-8-7-11-12(9-16)17(15-13(11)14)10-5-3-2-4-6-10/h2-6H,7-9H2,1H3,(H2,14,15). The lowest BCUT2D eigenvalue weighted by Crippen LogP contribution is -2.27. The normalized spacial score (nSPS) is 15.8. The monoisotopic (exact) mass is 228 g/mol. The Morgan fingerprint density at radius 2 is 2.00 bits per heavy atom. The molecule has 2 aromatic rings. The average molecular weight is 228 g/mol. The summed E-state index contributed by atoms with van der Waals surface area (Å²) in [4.78, 5) is 2.29. The Hall–Kier alpha value is -1.81. The fraction of sp³-hybridized carbons (Fsp3) is 0.308. The summed E-state index contributed by atoms with van der Waals surface area (Å²) in [5.74, 6) is 0.678. The molecule has 0 aliphatic carbocycles. The number of hydrogen-bond acceptors (Lipinski definition) is 3. The number of hydrogen-bond donors (Lipinski definition) is 1. The second-order valence-electron chi connectivity index (χ2n) is 4.55. The van der Waals surface area contributed by atoms with Gasteiger partial charge in [-0.05, 0) is 25.6 Å². The maximum Gasteiger partial charge on any atom is 0.149 e. The summed E-state index contributed by atoms with van der Waals surface area (Å²) in [6.45, 7) is 1.96. The second-order valence-corrected chi connectivity index (χ2v) is 4.55. The van der Waals surface area contributed by atoms with E-state index >= 15 is 0 Å². The molecule has 1 aromatic heterocycles. The van der Waals surface area contributed by atoms with Crippen molar-refractivity contribution in [3.8, 4) is 5.69 Å². The molecule has 2 N–H and O–H groups in total. The van der Waals surface area contributed by atoms with Crippen LogP contribution in [0.5, 0.6) is 0 Å². The van der Waals surface area contributed by atoms with E-state index in [0.717, 1.165) is 25.2 Å². The van der Waals surface area contributed by atoms with Gasteiger partial charge in [0.2, 0.25) is 0 Å². The highest BCUT2D eigenvalue weighted by atomic mass is 15.3. The summed E-state index contributed by atoms with van der Waals surface area (Å²) in [6, 6.07) is 10.2. The van der Waals surface area contributed by atoms with Gasteiger partial charge in [0.15, 0.2) is 0 Å². The number of nitrogen functional groups attached to an aromatic ring is 1. The van der Waals surface area contributed by atoms with E-state index in [1.165, 1.54) is 11.3 Å². The molecule has 88 valence electrons. The maximum atomic E-state index is 5.99. The number of likely N-dealkylation sites (N-methyl/N-ethyl adjacent to an activating group) is 1. The molecule has 4 nitrogen and oxygen atoms in total. The van der Waals surface area contributed by atoms with Crippen molar-refractivity contribution in [1.82, 2.24) is 14.7 Å². The summed E-state index contributed by atoms with van der Waals surface area (Å²) >= 11 is 0. The number of nitrogens with two attached hydrogens (primary N) is 1. The van der Waals surface area contributed by atoms with E-state index < -0.39 is 0 Å². The van der Waals surface area contributed by atoms with Gasteiger partial charge in [-0.1, -0.05) is 18.2 Å². The number of benzene rings is 1. The van der Waals surface area contributed by atoms with E-state index in [1.54, 1.807) is 0 Å². The van der Waals surface area contributed by atoms with Gasteiger partial charge in [0.25, 0.3) is 0 Å². The Morgan fingerprint density at radius 1 is 1.24 bits per heavy atom. The lowest BCUT2D eigenvalue weighted by Gasteiger charge is -2.23. The third-order valence-electron chi connectivity index (χ3n) is 3.28. The summed E-state index contributed by atoms with van der Waals surface area (Å²) in [6.07, 6.45) is 0.991. The van der Waals surface area contributed by atoms with Crippen LogP contribution in [0.15, 0.2) is 30.3 Å². The molecule has 3 rings (SSSR count). The number of anilines is 1. The van der Waals surface area contributed by atoms with Crippen molar-refractivity contribution < 1.29 is 0 Å². The van der Waals surface area contributed by atoms with E-state index in [2.05, 4.69) is 29.2 Å². The fourth-order valence-electron chi connectivity index (χ4n) is 2.36. The first-order valence-corrected chi connectivity index (χ1v) is 5.86. The molecule has 0 atom stereocenters. The fourth-order valence-corrected chi connectivity index (χ4v) is 2.36. The molecule has 17 heavy (non-hydrogen) atoms. The van der Waals surface area contributed by atoms with Crippen LogP contribution in [-0.2, 0) is 13.0 Å². The first kappa shape index (κ1) is 10.4. The molecule has 0 amide bonds. The maximum absolute atomic E-state index is 5.99. The summed E-state index contributed by atoms with van der Waals surface area (Å²) in [7, 11) is 2.13. The van der Waals surface area contributed by atoms with E-state index in [1.807, 2.05) is 22.9 Å². The third kappa shape index (κ3) is 1.70. The van der Waals surface area contributed by atoms with Gasteiger partial charge in [0, 0.05) is 18.7 Å². The first-order chi connectivity index (χ1) is 8.25. The highest BCUT2D eigenvalue weighted by Gasteiger charge is 2.22. The van der Waals surface area contributed by atoms with Gasteiger partial charge in [-0.3, -0.25) is 0 Å². The SMILES string of the molecule is CN1CCc2c(N)nn(-c3ccccc3)c2C1. The minimum atomic E-state index is 0.678. The molecule has 0 radical (unpaired) electrons. The lowest BCUT2D eigenvalue weighted by atomic mass is 10.1. The van der Waals surface area contributed by atoms with E-state index in [0.29, 0.717) is 5.82 Å². The van der Waals surface area contributed by atoms with Crippen LogP contribution in [-0.4, -0.2) is 28.3 Å². The Bertz CT molecular complexity index is 530. The highest BCUT2D eigenvalue weighted by Crippen LogP contribution is 2.25. The Labute approximate surface area is 101 Å². The van der Waals surface area contributed by atoms with Crippen molar-refractivity contribution >= 4 is 5.82 Å². The van der Waals surface area contributed by atoms with Gasteiger partial charge in [0.1, 0.15) is 5.82 Å². The third-order valence-corrected chi connectivity index (χ3v) is 3.28. The van der Waals surface area contributed by atoms with Gasteiger partial charge in [-0.15, -0.1) is 0 Å². The molecule has 2 heterocycles. The quantitative estimate of drug-likeness (QED) is 0.803. The van der Waals surface area contributed by atoms with E-state index in [-0.39, 0.29) is 0 Å². The predicted molar refractivity (Wildman–Crippen MR) is 68.0 cm³/mol. The van der Waals surface area contributed by atoms with Gasteiger partial charge >= 0.3 is 0 Å². The average Bonchev–Trinajstić information content (AvgIpc) is 2.67. The van der Waals surface area contributed by atoms with Crippen LogP contribution in [0, 0.1) is 0 Å². The minimum absolute atomic E-state index is 0.678. The minimum Gasteiger partial charge on any atom is -0.382 e. The van der Waals surface area contributed by atoms with Crippen LogP contribution in [0.3, 0.4) is 0 Å². The molecule has 1 aliphatic heterocycles. The zero-order valence-corrected chi connectivity index (χ0v) is 9.93. The lowest BCUT2D eigenvalue weighted by molar-refractivity contribution is 0.305. The van der Waals surface area contributed by atoms with E-state index in [9.17, 15) is 0 Å². The predicted octanol–water partition coefficient (Wildman–Crippen LogP) is 1.44. The molecule has 0 fully saturated rings. The number of fused-ring (bicyclic) bond motifs is 1. The van der Waals surface area contributed by atoms with Crippen molar-refractivity contribution in [3.63, 3.8) is 0 Å². The topological polar surface area (TPSA) is 47.1 Å². The van der Waals surface area contributed by atoms with E-state index in [4.69, 9.17) is 5.73 Å². The smallest absolute Gasteiger partial charge is 0.149 e. The van der Waals surface area contributed by atoms with Crippen LogP contribution < -0.4 is 5.73 Å². The molecule has 0 saturated carbocycles. The van der Waals surface area contributed by atoms with Crippen LogP contribution in [0.1, 0.15) is 11.3 Å².